The van der Waals surface area contributed by atoms with E-state index in [4.69, 9.17) is 0 Å². The quantitative estimate of drug-likeness (QED) is 0.616. The van der Waals surface area contributed by atoms with Crippen molar-refractivity contribution in [1.29, 1.82) is 0 Å². The summed E-state index contributed by atoms with van der Waals surface area (Å²) in [6.07, 6.45) is 8.18. The van der Waals surface area contributed by atoms with Gasteiger partial charge < -0.3 is 5.11 Å². The van der Waals surface area contributed by atoms with Crippen molar-refractivity contribution in [2.75, 3.05) is 0 Å². The Hall–Kier alpha value is -0.300. The second-order valence-corrected chi connectivity index (χ2v) is 6.88. The number of allylic oxidation sites excluding steroid dienone is 2. The van der Waals surface area contributed by atoms with E-state index in [2.05, 4.69) is 33.8 Å². The van der Waals surface area contributed by atoms with E-state index in [1.54, 1.807) is 0 Å². The van der Waals surface area contributed by atoms with Crippen molar-refractivity contribution >= 4 is 0 Å². The van der Waals surface area contributed by atoms with Crippen molar-refractivity contribution in [3.8, 4) is 0 Å². The van der Waals surface area contributed by atoms with E-state index in [0.29, 0.717) is 17.3 Å². The average Bonchev–Trinajstić information content (AvgIpc) is 2.23. The van der Waals surface area contributed by atoms with Crippen LogP contribution in [-0.4, -0.2) is 10.7 Å². The van der Waals surface area contributed by atoms with Crippen LogP contribution in [0.25, 0.3) is 0 Å². The molecule has 3 atom stereocenters. The van der Waals surface area contributed by atoms with Gasteiger partial charge in [-0.15, -0.1) is 0 Å². The molecule has 0 aliphatic heterocycles. The van der Waals surface area contributed by atoms with Gasteiger partial charge in [0.25, 0.3) is 0 Å². The molecule has 0 heterocycles. The monoisotopic (exact) mass is 222 g/mol. The van der Waals surface area contributed by atoms with Crippen LogP contribution in [0, 0.1) is 17.3 Å². The maximum Gasteiger partial charge on any atom is 0.0653 e. The third-order valence-corrected chi connectivity index (χ3v) is 4.95. The topological polar surface area (TPSA) is 20.2 Å². The highest BCUT2D eigenvalue weighted by Crippen LogP contribution is 2.51. The van der Waals surface area contributed by atoms with Gasteiger partial charge in [0.05, 0.1) is 5.60 Å². The van der Waals surface area contributed by atoms with Crippen LogP contribution in [-0.2, 0) is 0 Å². The van der Waals surface area contributed by atoms with Crippen LogP contribution >= 0.6 is 0 Å². The lowest BCUT2D eigenvalue weighted by molar-refractivity contribution is -0.0380. The molecule has 1 heteroatoms. The Kier molecular flexibility index (Phi) is 2.94. The standard InChI is InChI=1S/C15H26O/c1-11-6-7-12-13(10-11)14(2,3)8-5-9-15(12,4)16/h10,12-13,16H,5-9H2,1-4H3/t12-,13+,15-/m1/s1. The molecule has 2 aliphatic carbocycles. The molecule has 16 heavy (non-hydrogen) atoms. The Morgan fingerprint density at radius 2 is 1.94 bits per heavy atom. The molecular formula is C15H26O. The number of rotatable bonds is 0. The van der Waals surface area contributed by atoms with Crippen LogP contribution in [0.3, 0.4) is 0 Å². The number of hydrogen-bond acceptors (Lipinski definition) is 1. The van der Waals surface area contributed by atoms with E-state index >= 15 is 0 Å². The molecule has 2 rings (SSSR count). The van der Waals surface area contributed by atoms with Gasteiger partial charge in [-0.25, -0.2) is 0 Å². The van der Waals surface area contributed by atoms with Crippen LogP contribution in [0.4, 0.5) is 0 Å². The summed E-state index contributed by atoms with van der Waals surface area (Å²) in [7, 11) is 0. The minimum atomic E-state index is -0.449. The second kappa shape index (κ2) is 3.87. The van der Waals surface area contributed by atoms with E-state index in [1.807, 2.05) is 0 Å². The van der Waals surface area contributed by atoms with Crippen LogP contribution < -0.4 is 0 Å². The summed E-state index contributed by atoms with van der Waals surface area (Å²) in [5.74, 6) is 1.03. The molecule has 0 saturated heterocycles. The molecule has 0 aromatic heterocycles. The fourth-order valence-electron chi connectivity index (χ4n) is 3.79. The van der Waals surface area contributed by atoms with Crippen LogP contribution in [0.5, 0.6) is 0 Å². The lowest BCUT2D eigenvalue weighted by Gasteiger charge is -2.44. The van der Waals surface area contributed by atoms with Crippen molar-refractivity contribution in [2.45, 2.75) is 65.4 Å². The minimum Gasteiger partial charge on any atom is -0.390 e. The molecule has 1 nitrogen and oxygen atoms in total. The fourth-order valence-corrected chi connectivity index (χ4v) is 3.79. The third kappa shape index (κ3) is 2.07. The summed E-state index contributed by atoms with van der Waals surface area (Å²) >= 11 is 0. The van der Waals surface area contributed by atoms with Crippen molar-refractivity contribution in [2.24, 2.45) is 17.3 Å². The first kappa shape index (κ1) is 12.2. The van der Waals surface area contributed by atoms with Gasteiger partial charge >= 0.3 is 0 Å². The summed E-state index contributed by atoms with van der Waals surface area (Å²) in [6.45, 7) is 9.05. The molecule has 1 saturated carbocycles. The van der Waals surface area contributed by atoms with Gasteiger partial charge in [-0.1, -0.05) is 31.9 Å². The summed E-state index contributed by atoms with van der Waals surface area (Å²) in [6, 6.07) is 0. The third-order valence-electron chi connectivity index (χ3n) is 4.95. The zero-order valence-electron chi connectivity index (χ0n) is 11.2. The summed E-state index contributed by atoms with van der Waals surface area (Å²) in [5, 5.41) is 10.6. The lowest BCUT2D eigenvalue weighted by atomic mass is 9.63. The molecule has 0 aromatic carbocycles. The zero-order valence-corrected chi connectivity index (χ0v) is 11.2. The van der Waals surface area contributed by atoms with Crippen LogP contribution in [0.15, 0.2) is 11.6 Å². The number of aliphatic hydroxyl groups is 1. The van der Waals surface area contributed by atoms with Crippen molar-refractivity contribution in [3.05, 3.63) is 11.6 Å². The van der Waals surface area contributed by atoms with Gasteiger partial charge in [-0.2, -0.15) is 0 Å². The highest BCUT2D eigenvalue weighted by Gasteiger charge is 2.46. The second-order valence-electron chi connectivity index (χ2n) is 6.88. The van der Waals surface area contributed by atoms with E-state index in [-0.39, 0.29) is 0 Å². The maximum atomic E-state index is 10.6. The molecular weight excluding hydrogens is 196 g/mol. The minimum absolute atomic E-state index is 0.354. The molecule has 0 amide bonds. The molecule has 1 N–H and O–H groups in total. The Morgan fingerprint density at radius 3 is 2.62 bits per heavy atom. The average molecular weight is 222 g/mol. The highest BCUT2D eigenvalue weighted by molar-refractivity contribution is 5.14. The summed E-state index contributed by atoms with van der Waals surface area (Å²) in [5.41, 5.74) is 1.43. The predicted octanol–water partition coefficient (Wildman–Crippen LogP) is 3.92. The van der Waals surface area contributed by atoms with Crippen molar-refractivity contribution in [1.82, 2.24) is 0 Å². The summed E-state index contributed by atoms with van der Waals surface area (Å²) < 4.78 is 0. The first-order chi connectivity index (χ1) is 7.33. The predicted molar refractivity (Wildman–Crippen MR) is 68.2 cm³/mol. The fraction of sp³-hybridized carbons (Fsp3) is 0.867. The zero-order chi connectivity index (χ0) is 12.0. The number of fused-ring (bicyclic) bond motifs is 1. The molecule has 0 unspecified atom stereocenters. The normalized spacial score (nSPS) is 43.2. The van der Waals surface area contributed by atoms with Gasteiger partial charge in [0, 0.05) is 0 Å². The van der Waals surface area contributed by atoms with E-state index in [9.17, 15) is 5.11 Å². The largest absolute Gasteiger partial charge is 0.390 e. The van der Waals surface area contributed by atoms with E-state index < -0.39 is 5.60 Å². The van der Waals surface area contributed by atoms with Crippen LogP contribution in [0.1, 0.15) is 59.8 Å². The van der Waals surface area contributed by atoms with Crippen molar-refractivity contribution in [3.63, 3.8) is 0 Å². The summed E-state index contributed by atoms with van der Waals surface area (Å²) in [4.78, 5) is 0. The smallest absolute Gasteiger partial charge is 0.0653 e. The molecule has 0 bridgehead atoms. The molecule has 92 valence electrons. The SMILES string of the molecule is CC1=C[C@H]2[C@@H](CC1)[C@](C)(O)CCCC2(C)C. The van der Waals surface area contributed by atoms with Gasteiger partial charge in [-0.05, 0) is 56.8 Å². The van der Waals surface area contributed by atoms with Gasteiger partial charge in [0.1, 0.15) is 0 Å². The molecule has 0 spiro atoms. The maximum absolute atomic E-state index is 10.6. The van der Waals surface area contributed by atoms with Gasteiger partial charge in [-0.3, -0.25) is 0 Å². The van der Waals surface area contributed by atoms with E-state index in [0.717, 1.165) is 6.42 Å². The Bertz CT molecular complexity index is 299. The van der Waals surface area contributed by atoms with E-state index in [1.165, 1.54) is 31.3 Å². The first-order valence-electron chi connectivity index (χ1n) is 6.73. The van der Waals surface area contributed by atoms with Crippen LogP contribution in [0.2, 0.25) is 0 Å². The molecule has 0 aromatic rings. The Labute approximate surface area is 99.9 Å². The highest BCUT2D eigenvalue weighted by atomic mass is 16.3. The lowest BCUT2D eigenvalue weighted by Crippen LogP contribution is -2.42. The molecule has 2 aliphatic rings. The van der Waals surface area contributed by atoms with Crippen molar-refractivity contribution < 1.29 is 5.11 Å². The molecule has 1 fully saturated rings. The Balaban J connectivity index is 2.37. The number of hydrogen-bond donors (Lipinski definition) is 1. The Morgan fingerprint density at radius 1 is 1.25 bits per heavy atom. The first-order valence-corrected chi connectivity index (χ1v) is 6.73. The van der Waals surface area contributed by atoms with Gasteiger partial charge in [0.15, 0.2) is 0 Å². The molecule has 0 radical (unpaired) electrons. The van der Waals surface area contributed by atoms with Gasteiger partial charge in [0.2, 0.25) is 0 Å².